The molecular formula is C10H19ClN2O2S. The average Bonchev–Trinajstić information content (AvgIpc) is 2.56. The molecule has 1 fully saturated rings. The van der Waals surface area contributed by atoms with Crippen LogP contribution in [0.4, 0.5) is 0 Å². The molecule has 0 aliphatic carbocycles. The number of halogens is 1. The van der Waals surface area contributed by atoms with Crippen molar-refractivity contribution in [2.45, 2.75) is 26.3 Å². The highest BCUT2D eigenvalue weighted by Crippen LogP contribution is 2.24. The summed E-state index contributed by atoms with van der Waals surface area (Å²) in [6.45, 7) is 3.59. The molecule has 1 heterocycles. The van der Waals surface area contributed by atoms with Gasteiger partial charge in [-0.3, -0.25) is 9.57 Å². The first-order valence-corrected chi connectivity index (χ1v) is 7.70. The minimum absolute atomic E-state index is 0.0374. The summed E-state index contributed by atoms with van der Waals surface area (Å²) in [4.78, 5) is 13.7. The molecule has 6 heteroatoms. The molecule has 1 aliphatic rings. The first kappa shape index (κ1) is 13.8. The number of amides is 1. The lowest BCUT2D eigenvalue weighted by molar-refractivity contribution is -0.139. The van der Waals surface area contributed by atoms with Gasteiger partial charge < -0.3 is 4.90 Å². The Bertz CT molecular complexity index is 378. The van der Waals surface area contributed by atoms with E-state index in [0.29, 0.717) is 17.9 Å². The second kappa shape index (κ2) is 4.53. The van der Waals surface area contributed by atoms with Gasteiger partial charge in [0.1, 0.15) is 0 Å². The van der Waals surface area contributed by atoms with E-state index in [1.54, 1.807) is 25.8 Å². The Morgan fingerprint density at radius 2 is 2.19 bits per heavy atom. The monoisotopic (exact) mass is 266 g/mol. The van der Waals surface area contributed by atoms with Crippen molar-refractivity contribution in [2.75, 3.05) is 24.4 Å². The SMILES string of the molecule is CN(C(=O)C(C)(C)CCl)C1CCS(=N)(=O)C1. The highest BCUT2D eigenvalue weighted by molar-refractivity contribution is 7.92. The maximum Gasteiger partial charge on any atom is 0.229 e. The smallest absolute Gasteiger partial charge is 0.229 e. The third-order valence-corrected chi connectivity index (χ3v) is 5.51. The van der Waals surface area contributed by atoms with Crippen LogP contribution < -0.4 is 0 Å². The van der Waals surface area contributed by atoms with Gasteiger partial charge in [0.2, 0.25) is 5.91 Å². The third-order valence-electron chi connectivity index (χ3n) is 3.02. The molecule has 0 bridgehead atoms. The molecule has 0 saturated carbocycles. The summed E-state index contributed by atoms with van der Waals surface area (Å²) in [5, 5.41) is 0. The fraction of sp³-hybridized carbons (Fsp3) is 0.900. The predicted molar refractivity (Wildman–Crippen MR) is 66.3 cm³/mol. The molecule has 1 N–H and O–H groups in total. The fourth-order valence-electron chi connectivity index (χ4n) is 1.81. The van der Waals surface area contributed by atoms with E-state index in [-0.39, 0.29) is 17.8 Å². The van der Waals surface area contributed by atoms with Crippen molar-refractivity contribution >= 4 is 27.2 Å². The van der Waals surface area contributed by atoms with Crippen molar-refractivity contribution < 1.29 is 9.00 Å². The van der Waals surface area contributed by atoms with Crippen LogP contribution in [0.5, 0.6) is 0 Å². The number of nitrogens with zero attached hydrogens (tertiary/aromatic N) is 1. The molecule has 1 amide bonds. The van der Waals surface area contributed by atoms with Crippen LogP contribution in [0.3, 0.4) is 0 Å². The van der Waals surface area contributed by atoms with Crippen molar-refractivity contribution in [3.8, 4) is 0 Å². The summed E-state index contributed by atoms with van der Waals surface area (Å²) >= 11 is 5.75. The van der Waals surface area contributed by atoms with E-state index in [0.717, 1.165) is 0 Å². The number of nitrogens with one attached hydrogen (secondary N) is 1. The van der Waals surface area contributed by atoms with E-state index < -0.39 is 15.1 Å². The quantitative estimate of drug-likeness (QED) is 0.788. The van der Waals surface area contributed by atoms with Gasteiger partial charge in [0.25, 0.3) is 0 Å². The standard InChI is InChI=1S/C10H19ClN2O2S/c1-10(2,7-11)9(14)13(3)8-4-5-16(12,15)6-8/h8,12H,4-7H2,1-3H3. The van der Waals surface area contributed by atoms with Gasteiger partial charge >= 0.3 is 0 Å². The topological polar surface area (TPSA) is 61.2 Å². The minimum Gasteiger partial charge on any atom is -0.341 e. The summed E-state index contributed by atoms with van der Waals surface area (Å²) < 4.78 is 19.1. The largest absolute Gasteiger partial charge is 0.341 e. The van der Waals surface area contributed by atoms with E-state index in [9.17, 15) is 9.00 Å². The molecule has 1 rings (SSSR count). The van der Waals surface area contributed by atoms with Crippen molar-refractivity contribution in [3.05, 3.63) is 0 Å². The van der Waals surface area contributed by atoms with Crippen molar-refractivity contribution in [1.29, 1.82) is 4.78 Å². The second-order valence-corrected chi connectivity index (χ2v) is 7.69. The molecule has 94 valence electrons. The average molecular weight is 267 g/mol. The Kier molecular flexibility index (Phi) is 3.90. The van der Waals surface area contributed by atoms with E-state index in [1.807, 2.05) is 0 Å². The van der Waals surface area contributed by atoms with E-state index in [2.05, 4.69) is 0 Å². The van der Waals surface area contributed by atoms with Gasteiger partial charge in [-0.05, 0) is 20.3 Å². The van der Waals surface area contributed by atoms with Crippen molar-refractivity contribution in [3.63, 3.8) is 0 Å². The molecule has 4 nitrogen and oxygen atoms in total. The number of carbonyl (C=O) groups is 1. The van der Waals surface area contributed by atoms with Gasteiger partial charge in [-0.15, -0.1) is 11.6 Å². The number of rotatable bonds is 3. The summed E-state index contributed by atoms with van der Waals surface area (Å²) in [5.41, 5.74) is -0.595. The fourth-order valence-corrected chi connectivity index (χ4v) is 3.76. The molecule has 0 radical (unpaired) electrons. The number of hydrogen-bond donors (Lipinski definition) is 1. The molecule has 1 saturated heterocycles. The van der Waals surface area contributed by atoms with Crippen LogP contribution in [0, 0.1) is 10.2 Å². The summed E-state index contributed by atoms with van der Waals surface area (Å²) in [5.74, 6) is 0.924. The molecule has 0 aromatic heterocycles. The highest BCUT2D eigenvalue weighted by Gasteiger charge is 2.36. The van der Waals surface area contributed by atoms with Crippen LogP contribution in [-0.2, 0) is 14.5 Å². The van der Waals surface area contributed by atoms with Crippen LogP contribution in [0.15, 0.2) is 0 Å². The zero-order chi connectivity index (χ0) is 12.6. The Morgan fingerprint density at radius 1 is 1.62 bits per heavy atom. The van der Waals surface area contributed by atoms with Crippen molar-refractivity contribution in [1.82, 2.24) is 4.90 Å². The molecule has 0 aromatic carbocycles. The lowest BCUT2D eigenvalue weighted by Crippen LogP contribution is -2.45. The van der Waals surface area contributed by atoms with Gasteiger partial charge in [-0.1, -0.05) is 0 Å². The number of alkyl halides is 1. The van der Waals surface area contributed by atoms with E-state index in [1.165, 1.54) is 0 Å². The lowest BCUT2D eigenvalue weighted by Gasteiger charge is -2.31. The van der Waals surface area contributed by atoms with E-state index in [4.69, 9.17) is 16.4 Å². The van der Waals surface area contributed by atoms with Crippen LogP contribution >= 0.6 is 11.6 Å². The van der Waals surface area contributed by atoms with Crippen LogP contribution in [-0.4, -0.2) is 45.5 Å². The van der Waals surface area contributed by atoms with Gasteiger partial charge in [0.05, 0.1) is 11.2 Å². The normalized spacial score (nSPS) is 30.4. The molecule has 0 spiro atoms. The molecule has 0 aromatic rings. The van der Waals surface area contributed by atoms with Gasteiger partial charge in [0, 0.05) is 34.5 Å². The van der Waals surface area contributed by atoms with Crippen LogP contribution in [0.1, 0.15) is 20.3 Å². The zero-order valence-electron chi connectivity index (χ0n) is 9.96. The Hall–Kier alpha value is -0.290. The van der Waals surface area contributed by atoms with Crippen LogP contribution in [0.2, 0.25) is 0 Å². The van der Waals surface area contributed by atoms with E-state index >= 15 is 0 Å². The molecule has 1 aliphatic heterocycles. The van der Waals surface area contributed by atoms with Crippen molar-refractivity contribution in [2.24, 2.45) is 5.41 Å². The maximum atomic E-state index is 12.1. The maximum absolute atomic E-state index is 12.1. The van der Waals surface area contributed by atoms with Gasteiger partial charge in [-0.2, -0.15) is 0 Å². The molecule has 2 unspecified atom stereocenters. The highest BCUT2D eigenvalue weighted by atomic mass is 35.5. The predicted octanol–water partition coefficient (Wildman–Crippen LogP) is 1.53. The molecule has 2 atom stereocenters. The second-order valence-electron chi connectivity index (χ2n) is 5.06. The Balaban J connectivity index is 2.73. The minimum atomic E-state index is -2.45. The molecular weight excluding hydrogens is 248 g/mol. The summed E-state index contributed by atoms with van der Waals surface area (Å²) in [6.07, 6.45) is 0.656. The first-order chi connectivity index (χ1) is 7.19. The number of carbonyl (C=O) groups excluding carboxylic acids is 1. The Morgan fingerprint density at radius 3 is 2.56 bits per heavy atom. The molecule has 16 heavy (non-hydrogen) atoms. The van der Waals surface area contributed by atoms with Gasteiger partial charge in [-0.25, -0.2) is 4.21 Å². The Labute approximate surface area is 102 Å². The number of hydrogen-bond acceptors (Lipinski definition) is 3. The summed E-state index contributed by atoms with van der Waals surface area (Å²) in [6, 6.07) is -0.0695. The van der Waals surface area contributed by atoms with Crippen LogP contribution in [0.25, 0.3) is 0 Å². The summed E-state index contributed by atoms with van der Waals surface area (Å²) in [7, 11) is -0.743. The zero-order valence-corrected chi connectivity index (χ0v) is 11.5. The first-order valence-electron chi connectivity index (χ1n) is 5.27. The lowest BCUT2D eigenvalue weighted by atomic mass is 9.94. The third kappa shape index (κ3) is 2.88. The van der Waals surface area contributed by atoms with Gasteiger partial charge in [0.15, 0.2) is 0 Å².